The molecule has 4 aliphatic carbocycles. The van der Waals surface area contributed by atoms with Crippen LogP contribution >= 0.6 is 0 Å². The van der Waals surface area contributed by atoms with Gasteiger partial charge in [-0.25, -0.2) is 0 Å². The zero-order chi connectivity index (χ0) is 13.9. The highest BCUT2D eigenvalue weighted by atomic mass is 16.4. The Morgan fingerprint density at radius 3 is 2.35 bits per heavy atom. The zero-order valence-corrected chi connectivity index (χ0v) is 11.6. The molecule has 1 aromatic rings. The fourth-order valence-corrected chi connectivity index (χ4v) is 5.31. The van der Waals surface area contributed by atoms with Gasteiger partial charge < -0.3 is 10.8 Å². The van der Waals surface area contributed by atoms with Gasteiger partial charge in [-0.15, -0.1) is 0 Å². The number of nitrogens with zero attached hydrogens (tertiary/aromatic N) is 2. The molecule has 0 amide bonds. The van der Waals surface area contributed by atoms with Gasteiger partial charge in [-0.1, -0.05) is 0 Å². The van der Waals surface area contributed by atoms with E-state index in [1.165, 1.54) is 38.5 Å². The standard InChI is InChI=1S/C15H21N3O2/c16-14-12(4-13(19)20)8-18(17-14)15-5-9-1-10(6-15)3-11(2-9)7-15/h8-11H,1-7H2,(H2,16,17)(H,19,20). The van der Waals surface area contributed by atoms with E-state index in [0.717, 1.165) is 17.8 Å². The van der Waals surface area contributed by atoms with Crippen LogP contribution in [0.1, 0.15) is 44.1 Å². The van der Waals surface area contributed by atoms with E-state index < -0.39 is 5.97 Å². The number of nitrogen functional groups attached to an aromatic ring is 1. The maximum atomic E-state index is 10.9. The molecular formula is C15H21N3O2. The molecule has 4 fully saturated rings. The van der Waals surface area contributed by atoms with Crippen molar-refractivity contribution in [3.63, 3.8) is 0 Å². The molecular weight excluding hydrogens is 254 g/mol. The highest BCUT2D eigenvalue weighted by Gasteiger charge is 2.52. The summed E-state index contributed by atoms with van der Waals surface area (Å²) >= 11 is 0. The Labute approximate surface area is 118 Å². The number of aliphatic carboxylic acids is 1. The average Bonchev–Trinajstić information content (AvgIpc) is 2.69. The molecule has 108 valence electrons. The van der Waals surface area contributed by atoms with Gasteiger partial charge in [0, 0.05) is 11.8 Å². The van der Waals surface area contributed by atoms with Crippen molar-refractivity contribution in [3.05, 3.63) is 11.8 Å². The highest BCUT2D eigenvalue weighted by Crippen LogP contribution is 2.58. The van der Waals surface area contributed by atoms with Crippen LogP contribution in [-0.4, -0.2) is 20.9 Å². The fraction of sp³-hybridized carbons (Fsp3) is 0.733. The van der Waals surface area contributed by atoms with Crippen molar-refractivity contribution < 1.29 is 9.90 Å². The summed E-state index contributed by atoms with van der Waals surface area (Å²) in [7, 11) is 0. The molecule has 0 unspecified atom stereocenters. The molecule has 0 atom stereocenters. The number of hydrogen-bond acceptors (Lipinski definition) is 3. The van der Waals surface area contributed by atoms with Crippen LogP contribution < -0.4 is 5.73 Å². The SMILES string of the molecule is Nc1nn(C23CC4CC(CC(C4)C2)C3)cc1CC(=O)O. The third-order valence-corrected chi connectivity index (χ3v) is 5.66. The molecule has 4 bridgehead atoms. The summed E-state index contributed by atoms with van der Waals surface area (Å²) in [5.74, 6) is 2.07. The van der Waals surface area contributed by atoms with E-state index in [-0.39, 0.29) is 12.0 Å². The van der Waals surface area contributed by atoms with Crippen molar-refractivity contribution in [2.75, 3.05) is 5.73 Å². The third kappa shape index (κ3) is 1.75. The molecule has 5 heteroatoms. The van der Waals surface area contributed by atoms with Gasteiger partial charge in [-0.3, -0.25) is 9.48 Å². The van der Waals surface area contributed by atoms with Gasteiger partial charge in [-0.05, 0) is 56.3 Å². The predicted octanol–water partition coefficient (Wildman–Crippen LogP) is 2.02. The summed E-state index contributed by atoms with van der Waals surface area (Å²) in [6.07, 6.45) is 9.63. The van der Waals surface area contributed by atoms with Crippen LogP contribution in [0.5, 0.6) is 0 Å². The summed E-state index contributed by atoms with van der Waals surface area (Å²) in [4.78, 5) is 10.9. The van der Waals surface area contributed by atoms with Crippen LogP contribution in [0.2, 0.25) is 0 Å². The van der Waals surface area contributed by atoms with Gasteiger partial charge in [0.15, 0.2) is 0 Å². The van der Waals surface area contributed by atoms with Crippen LogP contribution in [0.25, 0.3) is 0 Å². The van der Waals surface area contributed by atoms with Gasteiger partial charge in [-0.2, -0.15) is 5.10 Å². The molecule has 4 saturated carbocycles. The lowest BCUT2D eigenvalue weighted by atomic mass is 9.53. The maximum absolute atomic E-state index is 10.9. The summed E-state index contributed by atoms with van der Waals surface area (Å²) in [5.41, 5.74) is 6.70. The largest absolute Gasteiger partial charge is 0.481 e. The van der Waals surface area contributed by atoms with Crippen LogP contribution in [-0.2, 0) is 16.8 Å². The minimum Gasteiger partial charge on any atom is -0.481 e. The summed E-state index contributed by atoms with van der Waals surface area (Å²) in [6.45, 7) is 0. The first-order valence-electron chi connectivity index (χ1n) is 7.60. The van der Waals surface area contributed by atoms with Crippen LogP contribution in [0, 0.1) is 17.8 Å². The van der Waals surface area contributed by atoms with Gasteiger partial charge in [0.2, 0.25) is 0 Å². The highest BCUT2D eigenvalue weighted by molar-refractivity contribution is 5.71. The Morgan fingerprint density at radius 1 is 1.30 bits per heavy atom. The number of anilines is 1. The molecule has 5 rings (SSSR count). The number of carbonyl (C=O) groups is 1. The Balaban J connectivity index is 1.68. The van der Waals surface area contributed by atoms with E-state index in [1.807, 2.05) is 10.9 Å². The second-order valence-electron chi connectivity index (χ2n) is 7.20. The lowest BCUT2D eigenvalue weighted by molar-refractivity contribution is -0.136. The quantitative estimate of drug-likeness (QED) is 0.884. The van der Waals surface area contributed by atoms with E-state index in [4.69, 9.17) is 10.8 Å². The molecule has 0 spiro atoms. The summed E-state index contributed by atoms with van der Waals surface area (Å²) in [6, 6.07) is 0. The minimum absolute atomic E-state index is 0.0296. The smallest absolute Gasteiger partial charge is 0.308 e. The van der Waals surface area contributed by atoms with Gasteiger partial charge >= 0.3 is 5.97 Å². The van der Waals surface area contributed by atoms with E-state index >= 15 is 0 Å². The number of aromatic nitrogens is 2. The number of nitrogens with two attached hydrogens (primary N) is 1. The first-order valence-corrected chi connectivity index (χ1v) is 7.60. The van der Waals surface area contributed by atoms with E-state index in [9.17, 15) is 4.79 Å². The van der Waals surface area contributed by atoms with Crippen molar-refractivity contribution in [1.29, 1.82) is 0 Å². The summed E-state index contributed by atoms with van der Waals surface area (Å²) in [5, 5.41) is 13.4. The van der Waals surface area contributed by atoms with E-state index in [0.29, 0.717) is 11.4 Å². The van der Waals surface area contributed by atoms with Crippen molar-refractivity contribution in [2.24, 2.45) is 17.8 Å². The number of carboxylic acids is 1. The van der Waals surface area contributed by atoms with Crippen LogP contribution in [0.15, 0.2) is 6.20 Å². The first kappa shape index (κ1) is 12.2. The maximum Gasteiger partial charge on any atom is 0.308 e. The van der Waals surface area contributed by atoms with Crippen LogP contribution in [0.3, 0.4) is 0 Å². The molecule has 0 radical (unpaired) electrons. The number of rotatable bonds is 3. The monoisotopic (exact) mass is 275 g/mol. The number of hydrogen-bond donors (Lipinski definition) is 2. The molecule has 5 nitrogen and oxygen atoms in total. The van der Waals surface area contributed by atoms with Gasteiger partial charge in [0.05, 0.1) is 12.0 Å². The van der Waals surface area contributed by atoms with E-state index in [1.54, 1.807) is 0 Å². The molecule has 0 aliphatic heterocycles. The third-order valence-electron chi connectivity index (χ3n) is 5.66. The molecule has 20 heavy (non-hydrogen) atoms. The average molecular weight is 275 g/mol. The lowest BCUT2D eigenvalue weighted by Crippen LogP contribution is -2.52. The molecule has 0 saturated heterocycles. The van der Waals surface area contributed by atoms with Crippen molar-refractivity contribution >= 4 is 11.8 Å². The first-order chi connectivity index (χ1) is 9.54. The minimum atomic E-state index is -0.846. The Kier molecular flexibility index (Phi) is 2.44. The predicted molar refractivity (Wildman–Crippen MR) is 74.1 cm³/mol. The van der Waals surface area contributed by atoms with Gasteiger partial charge in [0.1, 0.15) is 5.82 Å². The number of carboxylic acid groups (broad SMARTS) is 1. The van der Waals surface area contributed by atoms with Crippen LogP contribution in [0.4, 0.5) is 5.82 Å². The van der Waals surface area contributed by atoms with E-state index in [2.05, 4.69) is 5.10 Å². The van der Waals surface area contributed by atoms with Gasteiger partial charge in [0.25, 0.3) is 0 Å². The Hall–Kier alpha value is -1.52. The second-order valence-corrected chi connectivity index (χ2v) is 7.20. The molecule has 0 aromatic carbocycles. The second kappa shape index (κ2) is 3.99. The Bertz CT molecular complexity index is 528. The molecule has 1 heterocycles. The molecule has 4 aliphatic rings. The van der Waals surface area contributed by atoms with Crippen molar-refractivity contribution in [2.45, 2.75) is 50.5 Å². The fourth-order valence-electron chi connectivity index (χ4n) is 5.31. The molecule has 1 aromatic heterocycles. The molecule has 3 N–H and O–H groups in total. The topological polar surface area (TPSA) is 81.1 Å². The zero-order valence-electron chi connectivity index (χ0n) is 11.6. The lowest BCUT2D eigenvalue weighted by Gasteiger charge is -2.56. The normalized spacial score (nSPS) is 38.3. The summed E-state index contributed by atoms with van der Waals surface area (Å²) < 4.78 is 2.03. The Morgan fingerprint density at radius 2 is 1.85 bits per heavy atom. The van der Waals surface area contributed by atoms with Crippen molar-refractivity contribution in [1.82, 2.24) is 9.78 Å². The van der Waals surface area contributed by atoms with Crippen molar-refractivity contribution in [3.8, 4) is 0 Å².